The molecule has 0 aliphatic rings. The topological polar surface area (TPSA) is 85.3 Å². The minimum atomic E-state index is -0.723. The van der Waals surface area contributed by atoms with Gasteiger partial charge in [-0.2, -0.15) is 5.26 Å². The van der Waals surface area contributed by atoms with E-state index in [9.17, 15) is 9.18 Å². The normalized spacial score (nSPS) is 11.3. The van der Waals surface area contributed by atoms with E-state index in [4.69, 9.17) is 20.5 Å². The summed E-state index contributed by atoms with van der Waals surface area (Å²) in [4.78, 5) is 10.9. The first-order chi connectivity index (χ1) is 11.0. The van der Waals surface area contributed by atoms with Crippen molar-refractivity contribution in [2.45, 2.75) is 19.6 Å². The first-order valence-electron chi connectivity index (χ1n) is 6.87. The van der Waals surface area contributed by atoms with Gasteiger partial charge in [-0.25, -0.2) is 4.39 Å². The second-order valence-corrected chi connectivity index (χ2v) is 4.84. The van der Waals surface area contributed by atoms with Gasteiger partial charge in [-0.3, -0.25) is 4.79 Å². The fourth-order valence-electron chi connectivity index (χ4n) is 1.82. The lowest BCUT2D eigenvalue weighted by Crippen LogP contribution is -2.30. The Morgan fingerprint density at radius 3 is 2.52 bits per heavy atom. The third-order valence-corrected chi connectivity index (χ3v) is 3.12. The van der Waals surface area contributed by atoms with Crippen molar-refractivity contribution >= 4 is 5.91 Å². The van der Waals surface area contributed by atoms with Gasteiger partial charge in [-0.05, 0) is 43.3 Å². The molecule has 1 atom stereocenters. The average molecular weight is 314 g/mol. The lowest BCUT2D eigenvalue weighted by Gasteiger charge is -2.12. The van der Waals surface area contributed by atoms with Gasteiger partial charge < -0.3 is 15.2 Å². The molecule has 2 aromatic rings. The van der Waals surface area contributed by atoms with Crippen molar-refractivity contribution in [3.05, 3.63) is 59.4 Å². The number of hydrogen-bond donors (Lipinski definition) is 1. The lowest BCUT2D eigenvalue weighted by molar-refractivity contribution is -0.123. The molecule has 0 saturated heterocycles. The fraction of sp³-hybridized carbons (Fsp3) is 0.176. The zero-order valence-electron chi connectivity index (χ0n) is 12.5. The summed E-state index contributed by atoms with van der Waals surface area (Å²) >= 11 is 0. The highest BCUT2D eigenvalue weighted by Crippen LogP contribution is 2.20. The van der Waals surface area contributed by atoms with Crippen LogP contribution in [0, 0.1) is 17.1 Å². The second-order valence-electron chi connectivity index (χ2n) is 4.84. The molecule has 0 radical (unpaired) electrons. The Morgan fingerprint density at radius 1 is 1.26 bits per heavy atom. The van der Waals surface area contributed by atoms with Crippen LogP contribution < -0.4 is 15.2 Å². The fourth-order valence-corrected chi connectivity index (χ4v) is 1.82. The van der Waals surface area contributed by atoms with Crippen LogP contribution in [-0.2, 0) is 11.4 Å². The summed E-state index contributed by atoms with van der Waals surface area (Å²) < 4.78 is 24.0. The molecule has 5 nitrogen and oxygen atoms in total. The van der Waals surface area contributed by atoms with Gasteiger partial charge in [0.2, 0.25) is 0 Å². The number of halogens is 1. The Bertz CT molecular complexity index is 738. The first-order valence-corrected chi connectivity index (χ1v) is 6.87. The molecule has 23 heavy (non-hydrogen) atoms. The Labute approximate surface area is 133 Å². The number of primary amides is 1. The molecule has 2 rings (SSSR count). The average Bonchev–Trinajstić information content (AvgIpc) is 2.54. The van der Waals surface area contributed by atoms with E-state index in [2.05, 4.69) is 0 Å². The number of nitrogens with two attached hydrogens (primary N) is 1. The number of benzene rings is 2. The summed E-state index contributed by atoms with van der Waals surface area (Å²) in [5.74, 6) is 0.0291. The van der Waals surface area contributed by atoms with Crippen LogP contribution in [-0.4, -0.2) is 12.0 Å². The zero-order valence-corrected chi connectivity index (χ0v) is 12.5. The number of carbonyl (C=O) groups excluding carboxylic acids is 1. The van der Waals surface area contributed by atoms with E-state index in [-0.39, 0.29) is 12.2 Å². The molecule has 2 N–H and O–H groups in total. The van der Waals surface area contributed by atoms with Gasteiger partial charge >= 0.3 is 0 Å². The van der Waals surface area contributed by atoms with Crippen LogP contribution in [0.2, 0.25) is 0 Å². The first kappa shape index (κ1) is 16.3. The van der Waals surface area contributed by atoms with Crippen molar-refractivity contribution < 1.29 is 18.7 Å². The van der Waals surface area contributed by atoms with E-state index in [0.29, 0.717) is 17.1 Å². The SMILES string of the molecule is C[C@@H](Oc1ccc(OCc2ccc(F)cc2C#N)cc1)C(N)=O. The molecule has 0 heterocycles. The zero-order chi connectivity index (χ0) is 16.8. The molecule has 0 spiro atoms. The molecule has 0 saturated carbocycles. The summed E-state index contributed by atoms with van der Waals surface area (Å²) in [7, 11) is 0. The minimum absolute atomic E-state index is 0.140. The van der Waals surface area contributed by atoms with Gasteiger partial charge in [-0.1, -0.05) is 6.07 Å². The molecule has 0 aliphatic heterocycles. The quantitative estimate of drug-likeness (QED) is 0.888. The molecule has 0 unspecified atom stereocenters. The standard InChI is InChI=1S/C17H15FN2O3/c1-11(17(20)21)23-16-6-4-15(5-7-16)22-10-12-2-3-14(18)8-13(12)9-19/h2-8,11H,10H2,1H3,(H2,20,21)/t11-/m1/s1. The smallest absolute Gasteiger partial charge is 0.258 e. The van der Waals surface area contributed by atoms with Crippen molar-refractivity contribution in [3.63, 3.8) is 0 Å². The van der Waals surface area contributed by atoms with Crippen molar-refractivity contribution in [1.82, 2.24) is 0 Å². The number of carbonyl (C=O) groups is 1. The molecule has 0 aromatic heterocycles. The largest absolute Gasteiger partial charge is 0.489 e. The molecule has 118 valence electrons. The van der Waals surface area contributed by atoms with Crippen molar-refractivity contribution in [3.8, 4) is 17.6 Å². The number of ether oxygens (including phenoxy) is 2. The van der Waals surface area contributed by atoms with Gasteiger partial charge in [0.15, 0.2) is 6.10 Å². The molecule has 0 fully saturated rings. The summed E-state index contributed by atoms with van der Waals surface area (Å²) in [5.41, 5.74) is 5.95. The van der Waals surface area contributed by atoms with Crippen LogP contribution in [0.4, 0.5) is 4.39 Å². The van der Waals surface area contributed by atoms with E-state index in [1.807, 2.05) is 6.07 Å². The lowest BCUT2D eigenvalue weighted by atomic mass is 10.1. The summed E-state index contributed by atoms with van der Waals surface area (Å²) in [6, 6.07) is 12.5. The number of nitrogens with zero attached hydrogens (tertiary/aromatic N) is 1. The molecule has 1 amide bonds. The van der Waals surface area contributed by atoms with E-state index in [1.165, 1.54) is 18.2 Å². The molecule has 0 aliphatic carbocycles. The molecular formula is C17H15FN2O3. The van der Waals surface area contributed by atoms with Crippen LogP contribution >= 0.6 is 0 Å². The van der Waals surface area contributed by atoms with Gasteiger partial charge in [-0.15, -0.1) is 0 Å². The third-order valence-electron chi connectivity index (χ3n) is 3.12. The highest BCUT2D eigenvalue weighted by Gasteiger charge is 2.10. The van der Waals surface area contributed by atoms with Crippen LogP contribution in [0.1, 0.15) is 18.1 Å². The summed E-state index contributed by atoms with van der Waals surface area (Å²) in [6.45, 7) is 1.70. The monoisotopic (exact) mass is 314 g/mol. The Kier molecular flexibility index (Phi) is 5.15. The highest BCUT2D eigenvalue weighted by atomic mass is 19.1. The van der Waals surface area contributed by atoms with Crippen LogP contribution in [0.15, 0.2) is 42.5 Å². The molecular weight excluding hydrogens is 299 g/mol. The maximum atomic E-state index is 13.1. The maximum absolute atomic E-state index is 13.1. The van der Waals surface area contributed by atoms with Crippen LogP contribution in [0.5, 0.6) is 11.5 Å². The van der Waals surface area contributed by atoms with E-state index in [1.54, 1.807) is 31.2 Å². The number of rotatable bonds is 6. The maximum Gasteiger partial charge on any atom is 0.258 e. The summed E-state index contributed by atoms with van der Waals surface area (Å²) in [6.07, 6.45) is -0.723. The van der Waals surface area contributed by atoms with Crippen molar-refractivity contribution in [1.29, 1.82) is 5.26 Å². The molecule has 0 bridgehead atoms. The van der Waals surface area contributed by atoms with Gasteiger partial charge in [0.25, 0.3) is 5.91 Å². The Hall–Kier alpha value is -3.07. The minimum Gasteiger partial charge on any atom is -0.489 e. The predicted octanol–water partition coefficient (Wildman–Crippen LogP) is 2.53. The van der Waals surface area contributed by atoms with Gasteiger partial charge in [0, 0.05) is 5.56 Å². The van der Waals surface area contributed by atoms with Gasteiger partial charge in [0.05, 0.1) is 11.6 Å². The van der Waals surface area contributed by atoms with Crippen molar-refractivity contribution in [2.24, 2.45) is 5.73 Å². The number of hydrogen-bond acceptors (Lipinski definition) is 4. The van der Waals surface area contributed by atoms with Crippen LogP contribution in [0.25, 0.3) is 0 Å². The van der Waals surface area contributed by atoms with E-state index < -0.39 is 17.8 Å². The second kappa shape index (κ2) is 7.27. The van der Waals surface area contributed by atoms with Gasteiger partial charge in [0.1, 0.15) is 23.9 Å². The Morgan fingerprint density at radius 2 is 1.91 bits per heavy atom. The third kappa shape index (κ3) is 4.45. The summed E-state index contributed by atoms with van der Waals surface area (Å²) in [5, 5.41) is 8.98. The van der Waals surface area contributed by atoms with Crippen LogP contribution in [0.3, 0.4) is 0 Å². The predicted molar refractivity (Wildman–Crippen MR) is 81.2 cm³/mol. The number of amides is 1. The highest BCUT2D eigenvalue weighted by molar-refractivity contribution is 5.78. The van der Waals surface area contributed by atoms with Crippen molar-refractivity contribution in [2.75, 3.05) is 0 Å². The number of nitriles is 1. The Balaban J connectivity index is 1.99. The molecule has 2 aromatic carbocycles. The molecule has 6 heteroatoms. The van der Waals surface area contributed by atoms with E-state index >= 15 is 0 Å². The van der Waals surface area contributed by atoms with E-state index in [0.717, 1.165) is 0 Å².